The summed E-state index contributed by atoms with van der Waals surface area (Å²) in [7, 11) is -1.66. The third kappa shape index (κ3) is 3.83. The first-order valence-corrected chi connectivity index (χ1v) is 10.0. The predicted octanol–water partition coefficient (Wildman–Crippen LogP) is 3.38. The van der Waals surface area contributed by atoms with Crippen LogP contribution < -0.4 is 14.2 Å². The van der Waals surface area contributed by atoms with Gasteiger partial charge in [-0.25, -0.2) is 22.2 Å². The molecule has 0 saturated carbocycles. The van der Waals surface area contributed by atoms with Crippen LogP contribution in [-0.2, 0) is 10.0 Å². The van der Waals surface area contributed by atoms with Crippen LogP contribution in [-0.4, -0.2) is 39.7 Å². The SMILES string of the molecule is COc1cc(OC)c(F)c(C(=O)c2oc3cnc(Cl)cc3c2NS(C)(=O)=O)c1F. The Kier molecular flexibility index (Phi) is 5.37. The van der Waals surface area contributed by atoms with Gasteiger partial charge in [-0.05, 0) is 6.07 Å². The fourth-order valence-corrected chi connectivity index (χ4v) is 3.35. The maximum absolute atomic E-state index is 14.7. The molecule has 0 unspecified atom stereocenters. The molecule has 154 valence electrons. The highest BCUT2D eigenvalue weighted by atomic mass is 35.5. The van der Waals surface area contributed by atoms with E-state index in [-0.39, 0.29) is 21.8 Å². The van der Waals surface area contributed by atoms with Gasteiger partial charge in [0, 0.05) is 6.07 Å². The molecule has 0 aliphatic heterocycles. The van der Waals surface area contributed by atoms with E-state index in [1.807, 2.05) is 0 Å². The summed E-state index contributed by atoms with van der Waals surface area (Å²) < 4.78 is 70.1. The molecule has 0 spiro atoms. The van der Waals surface area contributed by atoms with Crippen molar-refractivity contribution in [1.29, 1.82) is 0 Å². The molecule has 0 fully saturated rings. The lowest BCUT2D eigenvalue weighted by Crippen LogP contribution is -2.15. The van der Waals surface area contributed by atoms with Crippen LogP contribution in [0.1, 0.15) is 16.1 Å². The smallest absolute Gasteiger partial charge is 0.236 e. The number of sulfonamides is 1. The van der Waals surface area contributed by atoms with E-state index in [9.17, 15) is 22.0 Å². The van der Waals surface area contributed by atoms with E-state index >= 15 is 0 Å². The Morgan fingerprint density at radius 2 is 1.76 bits per heavy atom. The highest BCUT2D eigenvalue weighted by Gasteiger charge is 2.32. The molecule has 2 heterocycles. The van der Waals surface area contributed by atoms with Gasteiger partial charge >= 0.3 is 0 Å². The zero-order valence-corrected chi connectivity index (χ0v) is 16.7. The summed E-state index contributed by atoms with van der Waals surface area (Å²) in [5.41, 5.74) is -1.41. The molecule has 1 aromatic carbocycles. The molecule has 0 radical (unpaired) electrons. The maximum atomic E-state index is 14.7. The highest BCUT2D eigenvalue weighted by Crippen LogP contribution is 2.37. The standard InChI is InChI=1S/C17H13ClF2N2O6S/c1-26-8-5-9(27-2)14(20)12(13(8)19)16(23)17-15(22-29(3,24)25)7-4-11(18)21-6-10(7)28-17/h4-6,22H,1-3H3. The van der Waals surface area contributed by atoms with Crippen molar-refractivity contribution >= 4 is 44.1 Å². The molecule has 2 aromatic heterocycles. The second-order valence-corrected chi connectivity index (χ2v) is 7.93. The Hall–Kier alpha value is -2.92. The summed E-state index contributed by atoms with van der Waals surface area (Å²) in [6.45, 7) is 0. The van der Waals surface area contributed by atoms with Crippen LogP contribution in [0.3, 0.4) is 0 Å². The number of rotatable bonds is 6. The quantitative estimate of drug-likeness (QED) is 0.456. The van der Waals surface area contributed by atoms with Crippen LogP contribution in [0.25, 0.3) is 11.0 Å². The number of hydrogen-bond acceptors (Lipinski definition) is 7. The van der Waals surface area contributed by atoms with E-state index in [4.69, 9.17) is 25.5 Å². The number of ketones is 1. The summed E-state index contributed by atoms with van der Waals surface area (Å²) >= 11 is 5.83. The van der Waals surface area contributed by atoms with Crippen molar-refractivity contribution in [3.05, 3.63) is 46.4 Å². The fourth-order valence-electron chi connectivity index (χ4n) is 2.62. The van der Waals surface area contributed by atoms with Crippen molar-refractivity contribution in [3.8, 4) is 11.5 Å². The van der Waals surface area contributed by atoms with Gasteiger partial charge in [0.15, 0.2) is 34.5 Å². The summed E-state index contributed by atoms with van der Waals surface area (Å²) in [5, 5.41) is 0.0590. The normalized spacial score (nSPS) is 11.5. The Bertz CT molecular complexity index is 1210. The number of nitrogens with zero attached hydrogens (tertiary/aromatic N) is 1. The Labute approximate surface area is 168 Å². The van der Waals surface area contributed by atoms with Crippen LogP contribution in [0.4, 0.5) is 14.5 Å². The van der Waals surface area contributed by atoms with E-state index in [2.05, 4.69) is 9.71 Å². The number of ether oxygens (including phenoxy) is 2. The molecule has 29 heavy (non-hydrogen) atoms. The number of methoxy groups -OCH3 is 2. The first-order chi connectivity index (χ1) is 13.6. The lowest BCUT2D eigenvalue weighted by molar-refractivity contribution is 0.100. The number of pyridine rings is 1. The van der Waals surface area contributed by atoms with E-state index in [1.165, 1.54) is 6.07 Å². The van der Waals surface area contributed by atoms with Gasteiger partial charge in [0.1, 0.15) is 16.4 Å². The molecule has 8 nitrogen and oxygen atoms in total. The molecule has 0 aliphatic rings. The van der Waals surface area contributed by atoms with Crippen molar-refractivity contribution in [3.63, 3.8) is 0 Å². The first-order valence-electron chi connectivity index (χ1n) is 7.77. The number of hydrogen-bond donors (Lipinski definition) is 1. The number of benzene rings is 1. The number of aromatic nitrogens is 1. The monoisotopic (exact) mass is 446 g/mol. The molecule has 0 saturated heterocycles. The average molecular weight is 447 g/mol. The van der Waals surface area contributed by atoms with Crippen LogP contribution in [0.15, 0.2) is 22.7 Å². The van der Waals surface area contributed by atoms with Crippen molar-refractivity contribution in [2.75, 3.05) is 25.2 Å². The second-order valence-electron chi connectivity index (χ2n) is 5.80. The van der Waals surface area contributed by atoms with Gasteiger partial charge in [-0.1, -0.05) is 11.6 Å². The first kappa shape index (κ1) is 20.8. The molecule has 3 aromatic rings. The molecule has 0 amide bonds. The van der Waals surface area contributed by atoms with Gasteiger partial charge < -0.3 is 13.9 Å². The van der Waals surface area contributed by atoms with Crippen molar-refractivity contribution in [1.82, 2.24) is 4.98 Å². The minimum absolute atomic E-state index is 0.0192. The number of anilines is 1. The summed E-state index contributed by atoms with van der Waals surface area (Å²) in [5.74, 6) is -5.47. The van der Waals surface area contributed by atoms with Crippen LogP contribution in [0.5, 0.6) is 11.5 Å². The number of carbonyl (C=O) groups excluding carboxylic acids is 1. The fraction of sp³-hybridized carbons (Fsp3) is 0.176. The van der Waals surface area contributed by atoms with Gasteiger partial charge in [-0.2, -0.15) is 0 Å². The summed E-state index contributed by atoms with van der Waals surface area (Å²) in [4.78, 5) is 16.8. The van der Waals surface area contributed by atoms with Crippen LogP contribution in [0, 0.1) is 11.6 Å². The predicted molar refractivity (Wildman–Crippen MR) is 100 cm³/mol. The molecule has 0 aliphatic carbocycles. The van der Waals surface area contributed by atoms with Gasteiger partial charge in [-0.3, -0.25) is 9.52 Å². The zero-order chi connectivity index (χ0) is 21.5. The Morgan fingerprint density at radius 3 is 2.28 bits per heavy atom. The third-order valence-corrected chi connectivity index (χ3v) is 4.62. The third-order valence-electron chi connectivity index (χ3n) is 3.84. The van der Waals surface area contributed by atoms with Crippen LogP contribution in [0.2, 0.25) is 5.15 Å². The molecular weight excluding hydrogens is 434 g/mol. The number of fused-ring (bicyclic) bond motifs is 1. The number of halogens is 3. The van der Waals surface area contributed by atoms with E-state index in [0.29, 0.717) is 0 Å². The number of furan rings is 1. The molecular formula is C17H13ClF2N2O6S. The lowest BCUT2D eigenvalue weighted by Gasteiger charge is -2.12. The van der Waals surface area contributed by atoms with Gasteiger partial charge in [0.25, 0.3) is 0 Å². The molecule has 1 N–H and O–H groups in total. The Balaban J connectivity index is 2.32. The van der Waals surface area contributed by atoms with Gasteiger partial charge in [0.05, 0.1) is 32.1 Å². The molecule has 12 heteroatoms. The summed E-state index contributed by atoms with van der Waals surface area (Å²) in [6, 6.07) is 2.17. The van der Waals surface area contributed by atoms with E-state index < -0.39 is 50.3 Å². The topological polar surface area (TPSA) is 108 Å². The number of carbonyl (C=O) groups is 1. The molecule has 0 bridgehead atoms. The minimum atomic E-state index is -3.90. The van der Waals surface area contributed by atoms with Gasteiger partial charge in [0.2, 0.25) is 15.8 Å². The molecule has 3 rings (SSSR count). The average Bonchev–Trinajstić information content (AvgIpc) is 2.98. The highest BCUT2D eigenvalue weighted by molar-refractivity contribution is 7.92. The minimum Gasteiger partial charge on any atom is -0.494 e. The molecule has 0 atom stereocenters. The van der Waals surface area contributed by atoms with Crippen molar-refractivity contribution in [2.45, 2.75) is 0 Å². The largest absolute Gasteiger partial charge is 0.494 e. The van der Waals surface area contributed by atoms with Gasteiger partial charge in [-0.15, -0.1) is 0 Å². The number of nitrogens with one attached hydrogen (secondary N) is 1. The van der Waals surface area contributed by atoms with Crippen molar-refractivity contribution in [2.24, 2.45) is 0 Å². The maximum Gasteiger partial charge on any atom is 0.236 e. The summed E-state index contributed by atoms with van der Waals surface area (Å²) in [6.07, 6.45) is 1.97. The Morgan fingerprint density at radius 1 is 1.17 bits per heavy atom. The van der Waals surface area contributed by atoms with Crippen molar-refractivity contribution < 1.29 is 35.9 Å². The van der Waals surface area contributed by atoms with E-state index in [0.717, 1.165) is 32.7 Å². The van der Waals surface area contributed by atoms with E-state index in [1.54, 1.807) is 0 Å². The zero-order valence-electron chi connectivity index (χ0n) is 15.2. The second kappa shape index (κ2) is 7.48. The lowest BCUT2D eigenvalue weighted by atomic mass is 10.0. The van der Waals surface area contributed by atoms with Crippen LogP contribution >= 0.6 is 11.6 Å².